The number of halogens is 51. The fraction of sp³-hybridized carbons (Fsp3) is 1.00. The Kier molecular flexibility index (Phi) is 24.5. The van der Waals surface area contributed by atoms with E-state index in [1.165, 1.54) is 0 Å². The Hall–Kier alpha value is -3.84. The zero-order chi connectivity index (χ0) is 79.6. The third-order valence-corrected chi connectivity index (χ3v) is 15.5. The second-order valence-corrected chi connectivity index (χ2v) is 23.8. The minimum Gasteiger partial charge on any atom is -0.270 e. The van der Waals surface area contributed by atoms with Gasteiger partial charge in [-0.2, -0.15) is 249 Å². The maximum Gasteiger partial charge on any atom is 0.460 e. The van der Waals surface area contributed by atoms with Gasteiger partial charge in [0.1, 0.15) is 6.10 Å². The topological polar surface area (TPSA) is 130 Å². The Morgan fingerprint density at radius 3 is 0.577 bits per heavy atom. The molecule has 1 atom stereocenters. The van der Waals surface area contributed by atoms with Crippen LogP contribution in [-0.4, -0.2) is 205 Å². The largest absolute Gasteiger partial charge is 0.460 e. The number of hydrogen-bond donors (Lipinski definition) is 0. The van der Waals surface area contributed by atoms with Gasteiger partial charge in [0.2, 0.25) is 0 Å². The minimum absolute atomic E-state index is 2.67. The molecule has 0 aromatic heterocycles. The maximum atomic E-state index is 14.5. The molecule has 0 radical (unpaired) electrons. The summed E-state index contributed by atoms with van der Waals surface area (Å²) < 4.78 is 778. The molecule has 63 heteroatoms. The molecule has 0 aromatic rings. The minimum atomic E-state index is -9.44. The molecular formula is C34H19F51O9S3. The van der Waals surface area contributed by atoms with Crippen molar-refractivity contribution in [3.63, 3.8) is 0 Å². The van der Waals surface area contributed by atoms with Crippen molar-refractivity contribution in [3.05, 3.63) is 0 Å². The Balaban J connectivity index is 7.61. The van der Waals surface area contributed by atoms with Crippen molar-refractivity contribution in [2.45, 2.75) is 175 Å². The summed E-state index contributed by atoms with van der Waals surface area (Å²) in [5.74, 6) is -198. The monoisotopic (exact) mass is 1640 g/mol. The second-order valence-electron chi connectivity index (χ2n) is 18.6. The number of hydrogen-bond acceptors (Lipinski definition) is 9. The summed E-state index contributed by atoms with van der Waals surface area (Å²) in [5.41, 5.74) is 0. The second kappa shape index (κ2) is 25.5. The molecule has 0 fully saturated rings. The Morgan fingerprint density at radius 2 is 0.381 bits per heavy atom. The third-order valence-electron chi connectivity index (χ3n) is 11.8. The van der Waals surface area contributed by atoms with Crippen molar-refractivity contribution < 1.29 is 262 Å². The molecule has 0 rings (SSSR count). The summed E-state index contributed by atoms with van der Waals surface area (Å²) in [6.07, 6.45) is -44.1. The van der Waals surface area contributed by atoms with Crippen molar-refractivity contribution in [2.75, 3.05) is 30.5 Å². The van der Waals surface area contributed by atoms with E-state index in [1.807, 2.05) is 0 Å². The highest BCUT2D eigenvalue weighted by Gasteiger charge is 2.98. The van der Waals surface area contributed by atoms with Gasteiger partial charge in [0, 0.05) is 25.7 Å². The van der Waals surface area contributed by atoms with E-state index in [0.29, 0.717) is 0 Å². The molecule has 0 aromatic carbocycles. The molecule has 584 valence electrons. The Labute approximate surface area is 497 Å². The van der Waals surface area contributed by atoms with Gasteiger partial charge in [-0.3, -0.25) is 12.5 Å². The van der Waals surface area contributed by atoms with Gasteiger partial charge in [0.05, 0.1) is 30.5 Å². The van der Waals surface area contributed by atoms with Crippen molar-refractivity contribution in [1.29, 1.82) is 0 Å². The van der Waals surface area contributed by atoms with E-state index in [0.717, 1.165) is 0 Å². The highest BCUT2D eigenvalue weighted by atomic mass is 32.2. The van der Waals surface area contributed by atoms with Gasteiger partial charge >= 0.3 is 143 Å². The summed E-state index contributed by atoms with van der Waals surface area (Å²) in [4.78, 5) is 0. The van der Waals surface area contributed by atoms with E-state index in [4.69, 9.17) is 0 Å². The van der Waals surface area contributed by atoms with Crippen LogP contribution >= 0.6 is 0 Å². The summed E-state index contributed by atoms with van der Waals surface area (Å²) in [7, 11) is -21.2. The highest BCUT2D eigenvalue weighted by Crippen LogP contribution is 2.68. The van der Waals surface area contributed by atoms with Gasteiger partial charge < -0.3 is 0 Å². The molecule has 0 aliphatic rings. The molecule has 0 aliphatic carbocycles. The summed E-state index contributed by atoms with van der Waals surface area (Å²) >= 11 is 0. The van der Waals surface area contributed by atoms with E-state index in [2.05, 4.69) is 12.5 Å². The summed E-state index contributed by atoms with van der Waals surface area (Å²) in [6.45, 7) is -5.92. The zero-order valence-corrected chi connectivity index (χ0v) is 45.6. The molecule has 0 N–H and O–H groups in total. The average Bonchev–Trinajstić information content (AvgIpc) is 0.708. The maximum absolute atomic E-state index is 14.5. The highest BCUT2D eigenvalue weighted by molar-refractivity contribution is 7.87. The lowest BCUT2D eigenvalue weighted by atomic mass is 9.88. The summed E-state index contributed by atoms with van der Waals surface area (Å²) in [5, 5.41) is 0. The van der Waals surface area contributed by atoms with Gasteiger partial charge in [-0.25, -0.2) is 0 Å². The molecule has 0 bridgehead atoms. The van der Waals surface area contributed by atoms with Gasteiger partial charge in [0.25, 0.3) is 30.4 Å². The van der Waals surface area contributed by atoms with Crippen LogP contribution < -0.4 is 0 Å². The lowest BCUT2D eigenvalue weighted by Crippen LogP contribution is -2.74. The van der Waals surface area contributed by atoms with Crippen LogP contribution in [0, 0.1) is 0 Å². The van der Waals surface area contributed by atoms with Crippen molar-refractivity contribution in [1.82, 2.24) is 0 Å². The van der Waals surface area contributed by atoms with Crippen molar-refractivity contribution >= 4 is 30.4 Å². The molecule has 97 heavy (non-hydrogen) atoms. The SMILES string of the molecule is O=S(=O)(CCC(F)(F)C(F)(F)C(F)(F)C(F)(F)C(F)(F)C(F)(F)C(F)(F)C(F)(F)F)OCCC(COS(=O)(=O)CCC(F)(F)C(F)(F)C(F)(F)C(F)(F)C(F)(F)C(F)(F)C(F)(F)C(F)(F)F)OS(=O)(=O)CCC(F)(F)C(F)(F)C(F)(F)C(F)(F)C(F)(F)C(F)(F)C(F)(F)C(F)(F)F. The third kappa shape index (κ3) is 14.9. The normalized spacial score (nSPS) is 17.1. The molecular weight excluding hydrogens is 1620 g/mol. The van der Waals surface area contributed by atoms with Gasteiger partial charge in [0.15, 0.2) is 0 Å². The van der Waals surface area contributed by atoms with Crippen LogP contribution in [0.1, 0.15) is 25.7 Å². The molecule has 0 heterocycles. The molecule has 0 amide bonds. The first kappa shape index (κ1) is 93.2. The molecule has 0 saturated carbocycles. The van der Waals surface area contributed by atoms with Crippen LogP contribution in [0.25, 0.3) is 0 Å². The van der Waals surface area contributed by atoms with E-state index < -0.39 is 236 Å². The van der Waals surface area contributed by atoms with Gasteiger partial charge in [-0.05, 0) is 0 Å². The van der Waals surface area contributed by atoms with Gasteiger partial charge in [-0.15, -0.1) is 0 Å². The van der Waals surface area contributed by atoms with Crippen LogP contribution in [0.15, 0.2) is 0 Å². The fourth-order valence-electron chi connectivity index (χ4n) is 5.84. The van der Waals surface area contributed by atoms with E-state index in [-0.39, 0.29) is 0 Å². The average molecular weight is 1640 g/mol. The van der Waals surface area contributed by atoms with Crippen LogP contribution in [0.4, 0.5) is 224 Å². The van der Waals surface area contributed by atoms with Crippen LogP contribution in [-0.2, 0) is 42.9 Å². The molecule has 0 spiro atoms. The predicted molar refractivity (Wildman–Crippen MR) is 199 cm³/mol. The molecule has 0 saturated heterocycles. The van der Waals surface area contributed by atoms with Crippen molar-refractivity contribution in [2.24, 2.45) is 0 Å². The first-order valence-electron chi connectivity index (χ1n) is 21.9. The fourth-order valence-corrected chi connectivity index (χ4v) is 8.97. The van der Waals surface area contributed by atoms with E-state index in [9.17, 15) is 249 Å². The van der Waals surface area contributed by atoms with E-state index in [1.54, 1.807) is 0 Å². The molecule has 1 unspecified atom stereocenters. The quantitative estimate of drug-likeness (QED) is 0.0444. The predicted octanol–water partition coefficient (Wildman–Crippen LogP) is 16.0. The molecule has 9 nitrogen and oxygen atoms in total. The van der Waals surface area contributed by atoms with Crippen LogP contribution in [0.2, 0.25) is 0 Å². The van der Waals surface area contributed by atoms with Crippen molar-refractivity contribution in [3.8, 4) is 0 Å². The smallest absolute Gasteiger partial charge is 0.270 e. The Morgan fingerprint density at radius 1 is 0.216 bits per heavy atom. The zero-order valence-electron chi connectivity index (χ0n) is 43.1. The molecule has 0 aliphatic heterocycles. The number of rotatable bonds is 36. The first-order chi connectivity index (χ1) is 41.2. The first-order valence-corrected chi connectivity index (χ1v) is 26.7. The Bertz CT molecular complexity index is 3080. The lowest BCUT2D eigenvalue weighted by Gasteiger charge is -2.42. The van der Waals surface area contributed by atoms with Crippen LogP contribution in [0.3, 0.4) is 0 Å². The number of alkyl halides is 51. The summed E-state index contributed by atoms with van der Waals surface area (Å²) in [6, 6.07) is 0. The standard InChI is InChI=1S/C34H19F51O9S3/c35-11(36,14(41,42)17(47,48)20(53,54)23(59,60)26(65,66)29(71,72)32(77,78)79)2-6-95(86,87)92-5-1-10(94-97(90,91)8-4-13(39,40)16(45,46)19(51,52)22(57,58)25(63,64)28(69,70)31(75,76)34(83,84)85)9-93-96(88,89)7-3-12(37,38)15(43,44)18(49,50)21(55,56)24(61,62)27(67,68)30(73,74)33(80,81)82/h10H,1-9H2. The van der Waals surface area contributed by atoms with Gasteiger partial charge in [-0.1, -0.05) is 0 Å². The van der Waals surface area contributed by atoms with E-state index >= 15 is 0 Å². The van der Waals surface area contributed by atoms with Crippen LogP contribution in [0.5, 0.6) is 0 Å². The lowest BCUT2D eigenvalue weighted by molar-refractivity contribution is -0.461.